The molecule has 1 atom stereocenters. The molecule has 0 aliphatic heterocycles. The second-order valence-corrected chi connectivity index (χ2v) is 5.74. The summed E-state index contributed by atoms with van der Waals surface area (Å²) < 4.78 is 0. The standard InChI is InChI=1S/C12H23NO4/c1-8(2)6-11(3,4)9(14)13-7-12(5,17)10(15)16/h8,17H,6-7H2,1-5H3,(H,13,14)(H,15,16). The Bertz CT molecular complexity index is 295. The molecule has 0 saturated heterocycles. The Kier molecular flexibility index (Phi) is 5.13. The minimum absolute atomic E-state index is 0.243. The molecular formula is C12H23NO4. The molecule has 0 aromatic heterocycles. The number of aliphatic hydroxyl groups is 1. The predicted molar refractivity (Wildman–Crippen MR) is 64.5 cm³/mol. The second kappa shape index (κ2) is 5.49. The summed E-state index contributed by atoms with van der Waals surface area (Å²) in [6.07, 6.45) is 0.702. The highest BCUT2D eigenvalue weighted by Crippen LogP contribution is 2.25. The zero-order valence-corrected chi connectivity index (χ0v) is 11.2. The lowest BCUT2D eigenvalue weighted by molar-refractivity contribution is -0.156. The summed E-state index contributed by atoms with van der Waals surface area (Å²) in [5, 5.41) is 20.7. The van der Waals surface area contributed by atoms with Crippen molar-refractivity contribution in [3.05, 3.63) is 0 Å². The number of amides is 1. The quantitative estimate of drug-likeness (QED) is 0.652. The Hall–Kier alpha value is -1.10. The zero-order chi connectivity index (χ0) is 13.9. The smallest absolute Gasteiger partial charge is 0.337 e. The van der Waals surface area contributed by atoms with Crippen molar-refractivity contribution in [2.75, 3.05) is 6.54 Å². The van der Waals surface area contributed by atoms with Gasteiger partial charge in [0.15, 0.2) is 5.60 Å². The molecule has 0 radical (unpaired) electrons. The maximum absolute atomic E-state index is 11.9. The van der Waals surface area contributed by atoms with Crippen LogP contribution in [-0.2, 0) is 9.59 Å². The van der Waals surface area contributed by atoms with Crippen LogP contribution in [0.2, 0.25) is 0 Å². The van der Waals surface area contributed by atoms with Gasteiger partial charge in [-0.25, -0.2) is 4.79 Å². The topological polar surface area (TPSA) is 86.6 Å². The van der Waals surface area contributed by atoms with Crippen molar-refractivity contribution < 1.29 is 19.8 Å². The lowest BCUT2D eigenvalue weighted by Gasteiger charge is -2.27. The molecule has 0 aliphatic rings. The van der Waals surface area contributed by atoms with E-state index in [1.54, 1.807) is 13.8 Å². The fourth-order valence-electron chi connectivity index (χ4n) is 1.68. The first kappa shape index (κ1) is 15.9. The van der Waals surface area contributed by atoms with Crippen molar-refractivity contribution in [2.24, 2.45) is 11.3 Å². The molecule has 17 heavy (non-hydrogen) atoms. The minimum atomic E-state index is -1.93. The highest BCUT2D eigenvalue weighted by atomic mass is 16.4. The number of carbonyl (C=O) groups is 2. The van der Waals surface area contributed by atoms with Crippen molar-refractivity contribution in [3.63, 3.8) is 0 Å². The Morgan fingerprint density at radius 2 is 1.71 bits per heavy atom. The van der Waals surface area contributed by atoms with Crippen LogP contribution in [0.5, 0.6) is 0 Å². The van der Waals surface area contributed by atoms with E-state index in [0.717, 1.165) is 6.92 Å². The Balaban J connectivity index is 4.41. The van der Waals surface area contributed by atoms with Crippen molar-refractivity contribution in [3.8, 4) is 0 Å². The van der Waals surface area contributed by atoms with E-state index in [-0.39, 0.29) is 12.5 Å². The molecule has 0 aliphatic carbocycles. The predicted octanol–water partition coefficient (Wildman–Crippen LogP) is 1.01. The monoisotopic (exact) mass is 245 g/mol. The molecule has 0 spiro atoms. The minimum Gasteiger partial charge on any atom is -0.479 e. The van der Waals surface area contributed by atoms with Gasteiger partial charge in [0.25, 0.3) is 0 Å². The Labute approximate surface area is 102 Å². The number of hydrogen-bond acceptors (Lipinski definition) is 3. The molecule has 1 unspecified atom stereocenters. The van der Waals surface area contributed by atoms with Crippen molar-refractivity contribution in [1.82, 2.24) is 5.32 Å². The molecule has 100 valence electrons. The zero-order valence-electron chi connectivity index (χ0n) is 11.2. The van der Waals surface area contributed by atoms with Gasteiger partial charge in [0, 0.05) is 5.41 Å². The molecule has 5 heteroatoms. The first-order valence-electron chi connectivity index (χ1n) is 5.73. The summed E-state index contributed by atoms with van der Waals surface area (Å²) in [4.78, 5) is 22.5. The first-order valence-corrected chi connectivity index (χ1v) is 5.73. The van der Waals surface area contributed by atoms with Crippen molar-refractivity contribution >= 4 is 11.9 Å². The third kappa shape index (κ3) is 5.17. The van der Waals surface area contributed by atoms with Crippen LogP contribution in [0.15, 0.2) is 0 Å². The van der Waals surface area contributed by atoms with Gasteiger partial charge in [0.1, 0.15) is 0 Å². The van der Waals surface area contributed by atoms with Crippen LogP contribution in [0.25, 0.3) is 0 Å². The van der Waals surface area contributed by atoms with E-state index in [1.807, 2.05) is 13.8 Å². The summed E-state index contributed by atoms with van der Waals surface area (Å²) in [5.74, 6) is -1.22. The highest BCUT2D eigenvalue weighted by Gasteiger charge is 2.34. The third-order valence-electron chi connectivity index (χ3n) is 2.59. The average molecular weight is 245 g/mol. The molecule has 5 nitrogen and oxygen atoms in total. The van der Waals surface area contributed by atoms with E-state index >= 15 is 0 Å². The van der Waals surface area contributed by atoms with Crippen LogP contribution in [-0.4, -0.2) is 34.2 Å². The summed E-state index contributed by atoms with van der Waals surface area (Å²) in [5.41, 5.74) is -2.49. The summed E-state index contributed by atoms with van der Waals surface area (Å²) in [6.45, 7) is 8.51. The number of carboxylic acid groups (broad SMARTS) is 1. The number of nitrogens with one attached hydrogen (secondary N) is 1. The van der Waals surface area contributed by atoms with Gasteiger partial charge in [0.05, 0.1) is 6.54 Å². The van der Waals surface area contributed by atoms with E-state index in [0.29, 0.717) is 12.3 Å². The normalized spacial score (nSPS) is 15.5. The van der Waals surface area contributed by atoms with Crippen molar-refractivity contribution in [2.45, 2.75) is 46.6 Å². The van der Waals surface area contributed by atoms with E-state index in [2.05, 4.69) is 5.32 Å². The fourth-order valence-corrected chi connectivity index (χ4v) is 1.68. The van der Waals surface area contributed by atoms with Gasteiger partial charge in [-0.3, -0.25) is 4.79 Å². The third-order valence-corrected chi connectivity index (χ3v) is 2.59. The van der Waals surface area contributed by atoms with Crippen molar-refractivity contribution in [1.29, 1.82) is 0 Å². The lowest BCUT2D eigenvalue weighted by Crippen LogP contribution is -2.49. The number of aliphatic carboxylic acids is 1. The van der Waals surface area contributed by atoms with Crippen LogP contribution < -0.4 is 5.32 Å². The van der Waals surface area contributed by atoms with Crippen LogP contribution in [0.1, 0.15) is 41.0 Å². The molecule has 0 bridgehead atoms. The number of rotatable bonds is 6. The summed E-state index contributed by atoms with van der Waals surface area (Å²) in [7, 11) is 0. The van der Waals surface area contributed by atoms with Gasteiger partial charge < -0.3 is 15.5 Å². The summed E-state index contributed by atoms with van der Waals surface area (Å²) >= 11 is 0. The first-order chi connectivity index (χ1) is 7.49. The summed E-state index contributed by atoms with van der Waals surface area (Å²) in [6, 6.07) is 0. The second-order valence-electron chi connectivity index (χ2n) is 5.74. The van der Waals surface area contributed by atoms with Gasteiger partial charge in [0.2, 0.25) is 5.91 Å². The number of carbonyl (C=O) groups excluding carboxylic acids is 1. The Morgan fingerprint density at radius 3 is 2.06 bits per heavy atom. The molecule has 0 aromatic carbocycles. The van der Waals surface area contributed by atoms with Gasteiger partial charge in [-0.1, -0.05) is 27.7 Å². The van der Waals surface area contributed by atoms with Crippen LogP contribution in [0, 0.1) is 11.3 Å². The van der Waals surface area contributed by atoms with E-state index in [4.69, 9.17) is 5.11 Å². The molecular weight excluding hydrogens is 222 g/mol. The van der Waals surface area contributed by atoms with Crippen LogP contribution in [0.4, 0.5) is 0 Å². The fraction of sp³-hybridized carbons (Fsp3) is 0.833. The maximum Gasteiger partial charge on any atom is 0.337 e. The van der Waals surface area contributed by atoms with Crippen LogP contribution >= 0.6 is 0 Å². The molecule has 0 rings (SSSR count). The SMILES string of the molecule is CC(C)CC(C)(C)C(=O)NCC(C)(O)C(=O)O. The average Bonchev–Trinajstić information content (AvgIpc) is 2.11. The van der Waals surface area contributed by atoms with Gasteiger partial charge in [-0.05, 0) is 19.3 Å². The molecule has 3 N–H and O–H groups in total. The Morgan fingerprint density at radius 1 is 1.24 bits per heavy atom. The van der Waals surface area contributed by atoms with Gasteiger partial charge in [-0.15, -0.1) is 0 Å². The van der Waals surface area contributed by atoms with E-state index < -0.39 is 17.0 Å². The molecule has 1 amide bonds. The molecule has 0 heterocycles. The van der Waals surface area contributed by atoms with E-state index in [1.165, 1.54) is 0 Å². The largest absolute Gasteiger partial charge is 0.479 e. The van der Waals surface area contributed by atoms with Crippen LogP contribution in [0.3, 0.4) is 0 Å². The molecule has 0 fully saturated rings. The molecule has 0 aromatic rings. The van der Waals surface area contributed by atoms with Gasteiger partial charge in [-0.2, -0.15) is 0 Å². The number of hydrogen-bond donors (Lipinski definition) is 3. The van der Waals surface area contributed by atoms with E-state index in [9.17, 15) is 14.7 Å². The highest BCUT2D eigenvalue weighted by molar-refractivity contribution is 5.83. The molecule has 0 saturated carbocycles. The maximum atomic E-state index is 11.9. The number of carboxylic acids is 1. The lowest BCUT2D eigenvalue weighted by atomic mass is 9.83. The van der Waals surface area contributed by atoms with Gasteiger partial charge >= 0.3 is 5.97 Å².